The quantitative estimate of drug-likeness (QED) is 0.235. The van der Waals surface area contributed by atoms with E-state index >= 15 is 0 Å². The molecule has 29 heavy (non-hydrogen) atoms. The number of rotatable bonds is 4. The van der Waals surface area contributed by atoms with Crippen LogP contribution in [0.15, 0.2) is 102 Å². The second-order valence-electron chi connectivity index (χ2n) is 7.23. The molecule has 0 radical (unpaired) electrons. The predicted molar refractivity (Wildman–Crippen MR) is 121 cm³/mol. The van der Waals surface area contributed by atoms with Crippen LogP contribution >= 0.6 is 0 Å². The van der Waals surface area contributed by atoms with Crippen molar-refractivity contribution in [2.45, 2.75) is 13.8 Å². The van der Waals surface area contributed by atoms with Crippen molar-refractivity contribution >= 4 is 5.71 Å². The van der Waals surface area contributed by atoms with E-state index in [9.17, 15) is 5.21 Å². The topological polar surface area (TPSA) is 32.6 Å². The summed E-state index contributed by atoms with van der Waals surface area (Å²) in [6.07, 6.45) is 0. The average molecular weight is 377 g/mol. The van der Waals surface area contributed by atoms with Crippen molar-refractivity contribution in [3.8, 4) is 22.3 Å². The highest BCUT2D eigenvalue weighted by Crippen LogP contribution is 2.26. The highest BCUT2D eigenvalue weighted by molar-refractivity contribution is 6.12. The second-order valence-corrected chi connectivity index (χ2v) is 7.23. The van der Waals surface area contributed by atoms with Crippen molar-refractivity contribution in [2.75, 3.05) is 0 Å². The Hall–Kier alpha value is -3.65. The Morgan fingerprint density at radius 3 is 1.28 bits per heavy atom. The Kier molecular flexibility index (Phi) is 5.26. The molecule has 0 fully saturated rings. The van der Waals surface area contributed by atoms with Gasteiger partial charge < -0.3 is 5.21 Å². The third-order valence-corrected chi connectivity index (χ3v) is 5.33. The maximum absolute atomic E-state index is 9.68. The molecule has 0 saturated carbocycles. The fourth-order valence-electron chi connectivity index (χ4n) is 3.69. The predicted octanol–water partition coefficient (Wildman–Crippen LogP) is 6.86. The van der Waals surface area contributed by atoms with Gasteiger partial charge in [0.2, 0.25) is 0 Å². The normalized spacial score (nSPS) is 10.6. The summed E-state index contributed by atoms with van der Waals surface area (Å²) in [6, 6.07) is 33.0. The van der Waals surface area contributed by atoms with E-state index < -0.39 is 0 Å². The summed E-state index contributed by atoms with van der Waals surface area (Å²) in [6.45, 7) is 4.22. The van der Waals surface area contributed by atoms with E-state index in [0.29, 0.717) is 5.71 Å². The lowest BCUT2D eigenvalue weighted by atomic mass is 9.95. The van der Waals surface area contributed by atoms with Gasteiger partial charge in [-0.05, 0) is 47.2 Å². The summed E-state index contributed by atoms with van der Waals surface area (Å²) in [5.41, 5.74) is 9.54. The highest BCUT2D eigenvalue weighted by atomic mass is 16.4. The van der Waals surface area contributed by atoms with Crippen LogP contribution in [0.4, 0.5) is 0 Å². The van der Waals surface area contributed by atoms with E-state index in [2.05, 4.69) is 67.5 Å². The smallest absolute Gasteiger partial charge is 0.117 e. The third kappa shape index (κ3) is 3.83. The molecular weight excluding hydrogens is 354 g/mol. The molecule has 0 aliphatic rings. The summed E-state index contributed by atoms with van der Waals surface area (Å²) < 4.78 is 0. The largest absolute Gasteiger partial charge is 0.410 e. The highest BCUT2D eigenvalue weighted by Gasteiger charge is 2.10. The van der Waals surface area contributed by atoms with Crippen molar-refractivity contribution in [2.24, 2.45) is 5.16 Å². The lowest BCUT2D eigenvalue weighted by molar-refractivity contribution is 0.319. The monoisotopic (exact) mass is 377 g/mol. The molecule has 2 nitrogen and oxygen atoms in total. The zero-order valence-corrected chi connectivity index (χ0v) is 16.6. The van der Waals surface area contributed by atoms with E-state index in [1.54, 1.807) is 0 Å². The molecule has 2 heteroatoms. The lowest BCUT2D eigenvalue weighted by Crippen LogP contribution is -2.03. The van der Waals surface area contributed by atoms with Gasteiger partial charge >= 0.3 is 0 Å². The summed E-state index contributed by atoms with van der Waals surface area (Å²) >= 11 is 0. The van der Waals surface area contributed by atoms with Crippen LogP contribution in [-0.2, 0) is 0 Å². The van der Waals surface area contributed by atoms with Crippen molar-refractivity contribution in [1.29, 1.82) is 0 Å². The van der Waals surface area contributed by atoms with Crippen molar-refractivity contribution in [1.82, 2.24) is 0 Å². The van der Waals surface area contributed by atoms with E-state index in [1.807, 2.05) is 48.5 Å². The molecule has 4 aromatic carbocycles. The van der Waals surface area contributed by atoms with E-state index in [0.717, 1.165) is 22.3 Å². The first kappa shape index (κ1) is 18.7. The molecule has 0 atom stereocenters. The maximum atomic E-state index is 9.68. The maximum Gasteiger partial charge on any atom is 0.117 e. The van der Waals surface area contributed by atoms with E-state index in [1.165, 1.54) is 22.3 Å². The fourth-order valence-corrected chi connectivity index (χ4v) is 3.69. The molecule has 0 aliphatic heterocycles. The minimum atomic E-state index is 0.567. The van der Waals surface area contributed by atoms with E-state index in [4.69, 9.17) is 0 Å². The second kappa shape index (κ2) is 8.15. The van der Waals surface area contributed by atoms with Gasteiger partial charge in [-0.25, -0.2) is 0 Å². The molecule has 0 unspecified atom stereocenters. The molecule has 0 amide bonds. The minimum Gasteiger partial charge on any atom is -0.410 e. The van der Waals surface area contributed by atoms with Crippen molar-refractivity contribution in [3.63, 3.8) is 0 Å². The van der Waals surface area contributed by atoms with Gasteiger partial charge in [-0.3, -0.25) is 0 Å². The Labute approximate surface area is 171 Å². The molecule has 1 N–H and O–H groups in total. The molecule has 142 valence electrons. The van der Waals surface area contributed by atoms with Crippen molar-refractivity contribution < 1.29 is 5.21 Å². The first-order valence-corrected chi connectivity index (χ1v) is 9.72. The van der Waals surface area contributed by atoms with Gasteiger partial charge in [-0.1, -0.05) is 102 Å². The van der Waals surface area contributed by atoms with Crippen LogP contribution in [0.25, 0.3) is 22.3 Å². The third-order valence-electron chi connectivity index (χ3n) is 5.33. The number of benzene rings is 4. The zero-order valence-electron chi connectivity index (χ0n) is 16.6. The number of hydrogen-bond donors (Lipinski definition) is 1. The summed E-state index contributed by atoms with van der Waals surface area (Å²) in [5.74, 6) is 0. The molecule has 0 aromatic heterocycles. The first-order chi connectivity index (χ1) is 14.2. The van der Waals surface area contributed by atoms with Gasteiger partial charge in [0.15, 0.2) is 0 Å². The zero-order chi connectivity index (χ0) is 20.2. The lowest BCUT2D eigenvalue weighted by Gasteiger charge is -2.10. The van der Waals surface area contributed by atoms with Crippen LogP contribution in [0.5, 0.6) is 0 Å². The van der Waals surface area contributed by atoms with Crippen molar-refractivity contribution in [3.05, 3.63) is 119 Å². The fraction of sp³-hybridized carbons (Fsp3) is 0.0741. The van der Waals surface area contributed by atoms with Gasteiger partial charge in [-0.15, -0.1) is 0 Å². The Balaban J connectivity index is 1.63. The van der Waals surface area contributed by atoms with Crippen LogP contribution in [0.2, 0.25) is 0 Å². The summed E-state index contributed by atoms with van der Waals surface area (Å²) in [4.78, 5) is 0. The number of nitrogens with zero attached hydrogens (tertiary/aromatic N) is 1. The number of oxime groups is 1. The van der Waals surface area contributed by atoms with Crippen LogP contribution in [-0.4, -0.2) is 10.9 Å². The number of aryl methyl sites for hydroxylation is 2. The molecular formula is C27H23NO. The standard InChI is InChI=1S/C27H23NO/c1-19-7-3-5-9-25(19)21-11-15-23(16-12-21)27(28-29)24-17-13-22(14-18-24)26-10-6-4-8-20(26)2/h3-18,29H,1-2H3. The van der Waals surface area contributed by atoms with Gasteiger partial charge in [-0.2, -0.15) is 0 Å². The first-order valence-electron chi connectivity index (χ1n) is 9.72. The Morgan fingerprint density at radius 2 is 0.931 bits per heavy atom. The molecule has 0 saturated heterocycles. The van der Waals surface area contributed by atoms with Crippen LogP contribution < -0.4 is 0 Å². The molecule has 0 bridgehead atoms. The van der Waals surface area contributed by atoms with E-state index in [-0.39, 0.29) is 0 Å². The molecule has 0 heterocycles. The number of hydrogen-bond acceptors (Lipinski definition) is 2. The van der Waals surface area contributed by atoms with Gasteiger partial charge in [0.25, 0.3) is 0 Å². The van der Waals surface area contributed by atoms with Gasteiger partial charge in [0, 0.05) is 11.1 Å². The molecule has 4 aromatic rings. The van der Waals surface area contributed by atoms with Gasteiger partial charge in [0.1, 0.15) is 5.71 Å². The molecule has 0 spiro atoms. The van der Waals surface area contributed by atoms with Crippen LogP contribution in [0.3, 0.4) is 0 Å². The SMILES string of the molecule is Cc1ccccc1-c1ccc(C(=NO)c2ccc(-c3ccccc3C)cc2)cc1. The molecule has 0 aliphatic carbocycles. The minimum absolute atomic E-state index is 0.567. The summed E-state index contributed by atoms with van der Waals surface area (Å²) in [5, 5.41) is 13.3. The van der Waals surface area contributed by atoms with Crippen LogP contribution in [0.1, 0.15) is 22.3 Å². The molecule has 4 rings (SSSR count). The Bertz CT molecular complexity index is 1060. The summed E-state index contributed by atoms with van der Waals surface area (Å²) in [7, 11) is 0. The van der Waals surface area contributed by atoms with Gasteiger partial charge in [0.05, 0.1) is 0 Å². The Morgan fingerprint density at radius 1 is 0.552 bits per heavy atom. The average Bonchev–Trinajstić information content (AvgIpc) is 2.76. The van der Waals surface area contributed by atoms with Crippen LogP contribution in [0, 0.1) is 13.8 Å².